The van der Waals surface area contributed by atoms with Gasteiger partial charge in [0.25, 0.3) is 11.8 Å². The van der Waals surface area contributed by atoms with Crippen LogP contribution in [0.5, 0.6) is 0 Å². The zero-order valence-electron chi connectivity index (χ0n) is 15.4. The first-order valence-corrected chi connectivity index (χ1v) is 9.31. The largest absolute Gasteiger partial charge is 0.454 e. The molecule has 1 N–H and O–H groups in total. The number of ether oxygens (including phenoxy) is 1. The van der Waals surface area contributed by atoms with Crippen molar-refractivity contribution in [3.05, 3.63) is 64.1 Å². The molecule has 2 amide bonds. The average molecular weight is 423 g/mol. The van der Waals surface area contributed by atoms with Crippen LogP contribution in [0.2, 0.25) is 10.0 Å². The molecule has 0 saturated carbocycles. The average Bonchev–Trinajstić information content (AvgIpc) is 2.67. The maximum Gasteiger partial charge on any atom is 0.325 e. The molecule has 0 bridgehead atoms. The Morgan fingerprint density at radius 3 is 2.32 bits per heavy atom. The van der Waals surface area contributed by atoms with Crippen molar-refractivity contribution in [2.45, 2.75) is 19.9 Å². The summed E-state index contributed by atoms with van der Waals surface area (Å²) in [4.78, 5) is 37.9. The van der Waals surface area contributed by atoms with Crippen molar-refractivity contribution in [3.8, 4) is 0 Å². The minimum Gasteiger partial charge on any atom is -0.454 e. The Balaban J connectivity index is 1.86. The summed E-state index contributed by atoms with van der Waals surface area (Å²) in [6.45, 7) is 2.93. The van der Waals surface area contributed by atoms with Crippen LogP contribution in [-0.2, 0) is 14.3 Å². The molecule has 2 rings (SSSR count). The maximum absolute atomic E-state index is 12.5. The van der Waals surface area contributed by atoms with Gasteiger partial charge in [-0.3, -0.25) is 14.4 Å². The summed E-state index contributed by atoms with van der Waals surface area (Å²) in [5.74, 6) is -1.58. The molecule has 0 saturated heterocycles. The molecule has 2 aromatic carbocycles. The summed E-state index contributed by atoms with van der Waals surface area (Å²) in [5, 5.41) is 2.97. The number of para-hydroxylation sites is 1. The highest BCUT2D eigenvalue weighted by Crippen LogP contribution is 2.22. The molecule has 148 valence electrons. The number of nitrogens with one attached hydrogen (secondary N) is 1. The van der Waals surface area contributed by atoms with Gasteiger partial charge < -0.3 is 15.0 Å². The molecule has 28 heavy (non-hydrogen) atoms. The van der Waals surface area contributed by atoms with Crippen LogP contribution in [0, 0.1) is 0 Å². The number of carbonyl (C=O) groups is 3. The third-order valence-electron chi connectivity index (χ3n) is 3.75. The number of amides is 2. The molecule has 0 heterocycles. The molecule has 2 aromatic rings. The molecule has 0 aliphatic carbocycles. The van der Waals surface area contributed by atoms with E-state index in [4.69, 9.17) is 27.9 Å². The summed E-state index contributed by atoms with van der Waals surface area (Å²) in [6.07, 6.45) is 0. The second-order valence-electron chi connectivity index (χ2n) is 6.17. The minimum absolute atomic E-state index is 0.108. The van der Waals surface area contributed by atoms with Crippen LogP contribution in [0.3, 0.4) is 0 Å². The number of halogens is 2. The number of carbonyl (C=O) groups excluding carboxylic acids is 3. The molecule has 6 nitrogen and oxygen atoms in total. The fraction of sp³-hybridized carbons (Fsp3) is 0.250. The van der Waals surface area contributed by atoms with Gasteiger partial charge in [0.15, 0.2) is 6.61 Å². The predicted molar refractivity (Wildman–Crippen MR) is 109 cm³/mol. The number of nitrogens with zero attached hydrogens (tertiary/aromatic N) is 1. The summed E-state index contributed by atoms with van der Waals surface area (Å²) >= 11 is 11.7. The molecular weight excluding hydrogens is 403 g/mol. The maximum atomic E-state index is 12.5. The first kappa shape index (κ1) is 21.7. The van der Waals surface area contributed by atoms with Gasteiger partial charge >= 0.3 is 5.97 Å². The Hall–Kier alpha value is -2.57. The van der Waals surface area contributed by atoms with E-state index in [-0.39, 0.29) is 29.1 Å². The number of rotatable bonds is 7. The van der Waals surface area contributed by atoms with Crippen LogP contribution in [-0.4, -0.2) is 37.0 Å². The van der Waals surface area contributed by atoms with E-state index in [2.05, 4.69) is 5.32 Å². The van der Waals surface area contributed by atoms with Crippen molar-refractivity contribution in [2.75, 3.05) is 18.1 Å². The number of hydrogen-bond donors (Lipinski definition) is 1. The monoisotopic (exact) mass is 422 g/mol. The van der Waals surface area contributed by atoms with Gasteiger partial charge in [-0.2, -0.15) is 0 Å². The second-order valence-corrected chi connectivity index (χ2v) is 6.98. The molecule has 0 aromatic heterocycles. The quantitative estimate of drug-likeness (QED) is 0.689. The van der Waals surface area contributed by atoms with Gasteiger partial charge in [0.1, 0.15) is 6.54 Å². The molecule has 0 radical (unpaired) electrons. The molecular formula is C20H20Cl2N2O4. The van der Waals surface area contributed by atoms with Crippen molar-refractivity contribution in [3.63, 3.8) is 0 Å². The highest BCUT2D eigenvalue weighted by molar-refractivity contribution is 6.42. The topological polar surface area (TPSA) is 75.7 Å². The highest BCUT2D eigenvalue weighted by Gasteiger charge is 2.20. The fourth-order valence-electron chi connectivity index (χ4n) is 2.47. The Bertz CT molecular complexity index is 857. The Labute approximate surface area is 173 Å². The van der Waals surface area contributed by atoms with E-state index in [1.54, 1.807) is 17.0 Å². The van der Waals surface area contributed by atoms with E-state index in [9.17, 15) is 14.4 Å². The van der Waals surface area contributed by atoms with Gasteiger partial charge in [-0.05, 0) is 44.2 Å². The van der Waals surface area contributed by atoms with Crippen molar-refractivity contribution in [2.24, 2.45) is 0 Å². The van der Waals surface area contributed by atoms with Gasteiger partial charge in [-0.25, -0.2) is 0 Å². The first-order valence-electron chi connectivity index (χ1n) is 8.55. The lowest BCUT2D eigenvalue weighted by Gasteiger charge is -2.26. The third-order valence-corrected chi connectivity index (χ3v) is 4.49. The summed E-state index contributed by atoms with van der Waals surface area (Å²) in [7, 11) is 0. The smallest absolute Gasteiger partial charge is 0.325 e. The Morgan fingerprint density at radius 2 is 1.71 bits per heavy atom. The van der Waals surface area contributed by atoms with E-state index in [1.165, 1.54) is 18.2 Å². The zero-order chi connectivity index (χ0) is 20.7. The summed E-state index contributed by atoms with van der Waals surface area (Å²) < 4.78 is 4.99. The van der Waals surface area contributed by atoms with Gasteiger partial charge in [0, 0.05) is 17.3 Å². The standard InChI is InChI=1S/C20H20Cl2N2O4/c1-13(2)24(15-6-4-3-5-7-15)18(25)12-28-19(26)11-23-20(27)14-8-9-16(21)17(22)10-14/h3-10,13H,11-12H2,1-2H3,(H,23,27). The van der Waals surface area contributed by atoms with Gasteiger partial charge in [0.2, 0.25) is 0 Å². The van der Waals surface area contributed by atoms with Crippen LogP contribution < -0.4 is 10.2 Å². The molecule has 0 spiro atoms. The third kappa shape index (κ3) is 5.97. The lowest BCUT2D eigenvalue weighted by molar-refractivity contribution is -0.146. The van der Waals surface area contributed by atoms with E-state index >= 15 is 0 Å². The molecule has 0 atom stereocenters. The predicted octanol–water partition coefficient (Wildman–Crippen LogP) is 3.71. The van der Waals surface area contributed by atoms with Gasteiger partial charge in [-0.1, -0.05) is 41.4 Å². The normalized spacial score (nSPS) is 10.5. The van der Waals surface area contributed by atoms with Crippen LogP contribution in [0.4, 0.5) is 5.69 Å². The number of anilines is 1. The van der Waals surface area contributed by atoms with E-state index < -0.39 is 18.5 Å². The fourth-order valence-corrected chi connectivity index (χ4v) is 2.77. The second kappa shape index (κ2) is 10.1. The zero-order valence-corrected chi connectivity index (χ0v) is 17.0. The van der Waals surface area contributed by atoms with E-state index in [0.29, 0.717) is 10.7 Å². The van der Waals surface area contributed by atoms with Crippen LogP contribution >= 0.6 is 23.2 Å². The SMILES string of the molecule is CC(C)N(C(=O)COC(=O)CNC(=O)c1ccc(Cl)c(Cl)c1)c1ccccc1. The molecule has 0 aliphatic heterocycles. The molecule has 0 aliphatic rings. The Kier molecular flexibility index (Phi) is 7.84. The number of hydrogen-bond acceptors (Lipinski definition) is 4. The van der Waals surface area contributed by atoms with Gasteiger partial charge in [0.05, 0.1) is 10.0 Å². The minimum atomic E-state index is -0.724. The number of esters is 1. The van der Waals surface area contributed by atoms with Crippen molar-refractivity contribution >= 4 is 46.7 Å². The molecule has 8 heteroatoms. The van der Waals surface area contributed by atoms with Crippen molar-refractivity contribution in [1.29, 1.82) is 0 Å². The summed E-state index contributed by atoms with van der Waals surface area (Å²) in [6, 6.07) is 13.4. The lowest BCUT2D eigenvalue weighted by atomic mass is 10.2. The molecule has 0 fully saturated rings. The number of benzene rings is 2. The lowest BCUT2D eigenvalue weighted by Crippen LogP contribution is -2.40. The highest BCUT2D eigenvalue weighted by atomic mass is 35.5. The molecule has 0 unspecified atom stereocenters. The Morgan fingerprint density at radius 1 is 1.04 bits per heavy atom. The van der Waals surface area contributed by atoms with Crippen LogP contribution in [0.1, 0.15) is 24.2 Å². The van der Waals surface area contributed by atoms with E-state index in [1.807, 2.05) is 32.0 Å². The van der Waals surface area contributed by atoms with Crippen LogP contribution in [0.25, 0.3) is 0 Å². The summed E-state index contributed by atoms with van der Waals surface area (Å²) in [5.41, 5.74) is 0.972. The first-order chi connectivity index (χ1) is 13.3. The van der Waals surface area contributed by atoms with Crippen molar-refractivity contribution in [1.82, 2.24) is 5.32 Å². The van der Waals surface area contributed by atoms with Gasteiger partial charge in [-0.15, -0.1) is 0 Å². The van der Waals surface area contributed by atoms with Crippen molar-refractivity contribution < 1.29 is 19.1 Å². The van der Waals surface area contributed by atoms with Crippen LogP contribution in [0.15, 0.2) is 48.5 Å². The van der Waals surface area contributed by atoms with E-state index in [0.717, 1.165) is 0 Å².